The third kappa shape index (κ3) is 5.91. The van der Waals surface area contributed by atoms with Crippen LogP contribution in [-0.4, -0.2) is 39.0 Å². The molecule has 0 bridgehead atoms. The number of sulfonamides is 1. The lowest BCUT2D eigenvalue weighted by molar-refractivity contribution is -0.122. The van der Waals surface area contributed by atoms with Crippen molar-refractivity contribution in [3.05, 3.63) is 40.3 Å². The van der Waals surface area contributed by atoms with Crippen LogP contribution < -0.4 is 20.1 Å². The van der Waals surface area contributed by atoms with Crippen molar-refractivity contribution in [1.82, 2.24) is 20.3 Å². The highest BCUT2D eigenvalue weighted by molar-refractivity contribution is 7.90. The highest BCUT2D eigenvalue weighted by atomic mass is 32.2. The minimum atomic E-state index is -4.18. The van der Waals surface area contributed by atoms with Crippen molar-refractivity contribution in [3.8, 4) is 5.75 Å². The SMILES string of the molecule is CCOc1ccc(CC(=O)NC(C)(C)c2nccs2)cc1S(=O)(=O)NC(=O)NC. The molecule has 2 rings (SSSR count). The summed E-state index contributed by atoms with van der Waals surface area (Å²) in [6.45, 7) is 5.63. The quantitative estimate of drug-likeness (QED) is 0.574. The van der Waals surface area contributed by atoms with Gasteiger partial charge in [0.2, 0.25) is 5.91 Å². The van der Waals surface area contributed by atoms with E-state index in [0.717, 1.165) is 5.01 Å². The van der Waals surface area contributed by atoms with Crippen LogP contribution in [0.2, 0.25) is 0 Å². The number of amides is 3. The van der Waals surface area contributed by atoms with Crippen molar-refractivity contribution in [2.75, 3.05) is 13.7 Å². The van der Waals surface area contributed by atoms with Crippen LogP contribution in [0.25, 0.3) is 0 Å². The van der Waals surface area contributed by atoms with Crippen LogP contribution in [0, 0.1) is 0 Å². The summed E-state index contributed by atoms with van der Waals surface area (Å²) in [7, 11) is -2.88. The molecule has 0 aliphatic heterocycles. The molecule has 1 aromatic carbocycles. The van der Waals surface area contributed by atoms with E-state index in [2.05, 4.69) is 15.6 Å². The minimum Gasteiger partial charge on any atom is -0.492 e. The highest BCUT2D eigenvalue weighted by Gasteiger charge is 2.26. The van der Waals surface area contributed by atoms with E-state index in [-0.39, 0.29) is 29.6 Å². The predicted octanol–water partition coefficient (Wildman–Crippen LogP) is 1.75. The largest absolute Gasteiger partial charge is 0.492 e. The van der Waals surface area contributed by atoms with Crippen molar-refractivity contribution in [1.29, 1.82) is 0 Å². The Bertz CT molecular complexity index is 972. The Kier molecular flexibility index (Phi) is 7.20. The van der Waals surface area contributed by atoms with Crippen LogP contribution in [0.3, 0.4) is 0 Å². The van der Waals surface area contributed by atoms with Crippen molar-refractivity contribution in [2.24, 2.45) is 0 Å². The Labute approximate surface area is 173 Å². The molecule has 0 unspecified atom stereocenters. The fourth-order valence-corrected chi connectivity index (χ4v) is 4.41. The normalized spacial score (nSPS) is 11.6. The van der Waals surface area contributed by atoms with Gasteiger partial charge < -0.3 is 15.4 Å². The Morgan fingerprint density at radius 3 is 2.59 bits per heavy atom. The zero-order valence-corrected chi connectivity index (χ0v) is 18.2. The molecule has 158 valence electrons. The smallest absolute Gasteiger partial charge is 0.328 e. The number of rotatable bonds is 8. The maximum absolute atomic E-state index is 12.6. The number of urea groups is 1. The van der Waals surface area contributed by atoms with Crippen LogP contribution in [0.1, 0.15) is 31.3 Å². The van der Waals surface area contributed by atoms with E-state index in [1.807, 2.05) is 23.9 Å². The molecule has 1 aromatic heterocycles. The maximum atomic E-state index is 12.6. The van der Waals surface area contributed by atoms with Gasteiger partial charge >= 0.3 is 6.03 Å². The van der Waals surface area contributed by atoms with E-state index in [0.29, 0.717) is 5.56 Å². The zero-order valence-electron chi connectivity index (χ0n) is 16.6. The lowest BCUT2D eigenvalue weighted by atomic mass is 10.1. The molecule has 9 nitrogen and oxygen atoms in total. The van der Waals surface area contributed by atoms with Gasteiger partial charge in [-0.2, -0.15) is 0 Å². The first-order chi connectivity index (χ1) is 13.6. The summed E-state index contributed by atoms with van der Waals surface area (Å²) in [5.41, 5.74) is -0.204. The lowest BCUT2D eigenvalue weighted by Crippen LogP contribution is -2.41. The topological polar surface area (TPSA) is 126 Å². The monoisotopic (exact) mass is 440 g/mol. The molecule has 29 heavy (non-hydrogen) atoms. The number of thiazole rings is 1. The van der Waals surface area contributed by atoms with E-state index in [4.69, 9.17) is 4.74 Å². The Hall–Kier alpha value is -2.66. The second kappa shape index (κ2) is 9.23. The fraction of sp³-hybridized carbons (Fsp3) is 0.389. The number of hydrogen-bond donors (Lipinski definition) is 3. The van der Waals surface area contributed by atoms with Gasteiger partial charge in [0.15, 0.2) is 0 Å². The number of nitrogens with one attached hydrogen (secondary N) is 3. The van der Waals surface area contributed by atoms with Gasteiger partial charge in [0, 0.05) is 18.6 Å². The Morgan fingerprint density at radius 2 is 2.00 bits per heavy atom. The summed E-state index contributed by atoms with van der Waals surface area (Å²) in [4.78, 5) is 28.0. The number of hydrogen-bond acceptors (Lipinski definition) is 7. The van der Waals surface area contributed by atoms with Gasteiger partial charge in [0.05, 0.1) is 18.6 Å². The number of benzene rings is 1. The number of aromatic nitrogens is 1. The van der Waals surface area contributed by atoms with Crippen molar-refractivity contribution < 1.29 is 22.7 Å². The van der Waals surface area contributed by atoms with E-state index in [1.54, 1.807) is 19.2 Å². The van der Waals surface area contributed by atoms with Crippen LogP contribution in [0.4, 0.5) is 4.79 Å². The van der Waals surface area contributed by atoms with Crippen LogP contribution in [-0.2, 0) is 26.8 Å². The summed E-state index contributed by atoms with van der Waals surface area (Å²) in [5, 5.41) is 7.67. The van der Waals surface area contributed by atoms with Gasteiger partial charge in [-0.15, -0.1) is 11.3 Å². The van der Waals surface area contributed by atoms with Gasteiger partial charge in [-0.1, -0.05) is 6.07 Å². The third-order valence-electron chi connectivity index (χ3n) is 3.84. The molecule has 0 aliphatic rings. The molecule has 1 heterocycles. The highest BCUT2D eigenvalue weighted by Crippen LogP contribution is 2.26. The molecule has 0 fully saturated rings. The van der Waals surface area contributed by atoms with E-state index in [1.165, 1.54) is 30.5 Å². The van der Waals surface area contributed by atoms with Crippen molar-refractivity contribution >= 4 is 33.3 Å². The molecule has 3 amide bonds. The fourth-order valence-electron chi connectivity index (χ4n) is 2.54. The molecule has 11 heteroatoms. The summed E-state index contributed by atoms with van der Waals surface area (Å²) in [6.07, 6.45) is 1.61. The minimum absolute atomic E-state index is 0.0519. The average molecular weight is 441 g/mol. The van der Waals surface area contributed by atoms with Crippen molar-refractivity contribution in [3.63, 3.8) is 0 Å². The van der Waals surface area contributed by atoms with Crippen LogP contribution >= 0.6 is 11.3 Å². The van der Waals surface area contributed by atoms with Crippen LogP contribution in [0.15, 0.2) is 34.7 Å². The maximum Gasteiger partial charge on any atom is 0.328 e. The molecule has 2 aromatic rings. The third-order valence-corrected chi connectivity index (χ3v) is 6.28. The predicted molar refractivity (Wildman–Crippen MR) is 109 cm³/mol. The molecule has 3 N–H and O–H groups in total. The number of carbonyl (C=O) groups excluding carboxylic acids is 2. The van der Waals surface area contributed by atoms with Gasteiger partial charge in [-0.05, 0) is 38.5 Å². The number of nitrogens with zero attached hydrogens (tertiary/aromatic N) is 1. The number of ether oxygens (including phenoxy) is 1. The van der Waals surface area contributed by atoms with Gasteiger partial charge in [-0.3, -0.25) is 4.79 Å². The standard InChI is InChI=1S/C18H24N4O5S2/c1-5-27-13-7-6-12(10-14(13)29(25,26)22-17(24)19-4)11-15(23)21-18(2,3)16-20-8-9-28-16/h6-10H,5,11H2,1-4H3,(H,21,23)(H2,19,22,24). The molecule has 0 saturated heterocycles. The molecular weight excluding hydrogens is 416 g/mol. The molecule has 0 spiro atoms. The average Bonchev–Trinajstić information content (AvgIpc) is 3.18. The summed E-state index contributed by atoms with van der Waals surface area (Å²) >= 11 is 1.43. The summed E-state index contributed by atoms with van der Waals surface area (Å²) in [6, 6.07) is 3.53. The van der Waals surface area contributed by atoms with Crippen molar-refractivity contribution in [2.45, 2.75) is 37.6 Å². The van der Waals surface area contributed by atoms with E-state index >= 15 is 0 Å². The van der Waals surface area contributed by atoms with Gasteiger partial charge in [0.25, 0.3) is 10.0 Å². The number of carbonyl (C=O) groups is 2. The molecular formula is C18H24N4O5S2. The Morgan fingerprint density at radius 1 is 1.28 bits per heavy atom. The first-order valence-corrected chi connectivity index (χ1v) is 11.2. The molecule has 0 saturated carbocycles. The Balaban J connectivity index is 2.25. The summed E-state index contributed by atoms with van der Waals surface area (Å²) in [5.74, 6) is -0.201. The van der Waals surface area contributed by atoms with E-state index < -0.39 is 21.6 Å². The molecule has 0 atom stereocenters. The molecule has 0 radical (unpaired) electrons. The lowest BCUT2D eigenvalue weighted by Gasteiger charge is -2.24. The second-order valence-corrected chi connectivity index (χ2v) is 9.13. The second-order valence-electron chi connectivity index (χ2n) is 6.59. The van der Waals surface area contributed by atoms with Gasteiger partial charge in [-0.25, -0.2) is 22.9 Å². The van der Waals surface area contributed by atoms with E-state index in [9.17, 15) is 18.0 Å². The van der Waals surface area contributed by atoms with Crippen LogP contribution in [0.5, 0.6) is 5.75 Å². The molecule has 0 aliphatic carbocycles. The first-order valence-electron chi connectivity index (χ1n) is 8.80. The van der Waals surface area contributed by atoms with Gasteiger partial charge in [0.1, 0.15) is 15.7 Å². The first kappa shape index (κ1) is 22.6. The summed E-state index contributed by atoms with van der Waals surface area (Å²) < 4.78 is 32.4. The zero-order chi connectivity index (χ0) is 21.7.